The Hall–Kier alpha value is -3.46. The lowest BCUT2D eigenvalue weighted by molar-refractivity contribution is -0.384. The van der Waals surface area contributed by atoms with E-state index in [0.29, 0.717) is 11.3 Å². The molecule has 0 saturated carbocycles. The number of nitro benzene ring substituents is 1. The van der Waals surface area contributed by atoms with Crippen LogP contribution in [0.2, 0.25) is 10.0 Å². The zero-order valence-corrected chi connectivity index (χ0v) is 18.3. The molecule has 8 nitrogen and oxygen atoms in total. The van der Waals surface area contributed by atoms with Gasteiger partial charge in [-0.2, -0.15) is 0 Å². The second-order valence-corrected chi connectivity index (χ2v) is 8.40. The normalized spacial score (nSPS) is 22.1. The van der Waals surface area contributed by atoms with Crippen LogP contribution in [0.25, 0.3) is 0 Å². The van der Waals surface area contributed by atoms with Crippen LogP contribution in [0.15, 0.2) is 72.8 Å². The topological polar surface area (TPSA) is 93.0 Å². The van der Waals surface area contributed by atoms with Crippen LogP contribution < -0.4 is 9.96 Å². The van der Waals surface area contributed by atoms with Gasteiger partial charge in [-0.25, -0.2) is 9.96 Å². The van der Waals surface area contributed by atoms with Gasteiger partial charge in [0.1, 0.15) is 5.92 Å². The molecule has 2 heterocycles. The fourth-order valence-corrected chi connectivity index (χ4v) is 4.72. The summed E-state index contributed by atoms with van der Waals surface area (Å²) >= 11 is 12.7. The zero-order valence-electron chi connectivity index (χ0n) is 16.8. The first-order valence-electron chi connectivity index (χ1n) is 9.95. The van der Waals surface area contributed by atoms with E-state index in [2.05, 4.69) is 0 Å². The molecule has 0 aromatic heterocycles. The molecule has 0 radical (unpaired) electrons. The van der Waals surface area contributed by atoms with Crippen molar-refractivity contribution < 1.29 is 19.3 Å². The number of carbonyl (C=O) groups excluding carboxylic acids is 2. The van der Waals surface area contributed by atoms with Crippen molar-refractivity contribution >= 4 is 52.1 Å². The predicted octanol–water partition coefficient (Wildman–Crippen LogP) is 4.95. The summed E-state index contributed by atoms with van der Waals surface area (Å²) in [6.07, 6.45) is -1.14. The molecule has 2 saturated heterocycles. The Morgan fingerprint density at radius 1 is 0.879 bits per heavy atom. The first-order valence-corrected chi connectivity index (χ1v) is 10.7. The number of nitro groups is 1. The van der Waals surface area contributed by atoms with Gasteiger partial charge in [0.15, 0.2) is 6.10 Å². The van der Waals surface area contributed by atoms with Gasteiger partial charge in [-0.15, -0.1) is 0 Å². The Kier molecular flexibility index (Phi) is 5.28. The van der Waals surface area contributed by atoms with Crippen LogP contribution in [-0.2, 0) is 14.4 Å². The number of hydroxylamine groups is 1. The van der Waals surface area contributed by atoms with Crippen molar-refractivity contribution in [1.29, 1.82) is 0 Å². The van der Waals surface area contributed by atoms with Crippen LogP contribution in [0.5, 0.6) is 0 Å². The third-order valence-electron chi connectivity index (χ3n) is 5.73. The summed E-state index contributed by atoms with van der Waals surface area (Å²) in [5.74, 6) is -2.08. The Bertz CT molecular complexity index is 1290. The predicted molar refractivity (Wildman–Crippen MR) is 122 cm³/mol. The molecule has 3 atom stereocenters. The summed E-state index contributed by atoms with van der Waals surface area (Å²) in [4.78, 5) is 44.8. The van der Waals surface area contributed by atoms with Gasteiger partial charge in [0, 0.05) is 22.7 Å². The third kappa shape index (κ3) is 3.43. The largest absolute Gasteiger partial charge is 0.273 e. The van der Waals surface area contributed by atoms with Crippen LogP contribution in [0, 0.1) is 16.0 Å². The van der Waals surface area contributed by atoms with E-state index < -0.39 is 34.8 Å². The molecule has 10 heteroatoms. The number of rotatable bonds is 4. The van der Waals surface area contributed by atoms with E-state index in [1.807, 2.05) is 6.07 Å². The van der Waals surface area contributed by atoms with Crippen molar-refractivity contribution in [1.82, 2.24) is 0 Å². The Labute approximate surface area is 198 Å². The van der Waals surface area contributed by atoms with Crippen LogP contribution in [0.4, 0.5) is 17.1 Å². The maximum absolute atomic E-state index is 13.6. The molecule has 33 heavy (non-hydrogen) atoms. The molecule has 2 aliphatic heterocycles. The molecule has 0 N–H and O–H groups in total. The number of anilines is 2. The maximum Gasteiger partial charge on any atom is 0.269 e. The van der Waals surface area contributed by atoms with Gasteiger partial charge in [0.05, 0.1) is 27.4 Å². The highest BCUT2D eigenvalue weighted by molar-refractivity contribution is 6.36. The lowest BCUT2D eigenvalue weighted by atomic mass is 9.90. The third-order valence-corrected chi connectivity index (χ3v) is 6.39. The average molecular weight is 484 g/mol. The number of nitrogens with zero attached hydrogens (tertiary/aromatic N) is 3. The first kappa shape index (κ1) is 21.4. The molecule has 0 aliphatic carbocycles. The van der Waals surface area contributed by atoms with E-state index in [4.69, 9.17) is 28.0 Å². The number of benzene rings is 3. The molecule has 166 valence electrons. The van der Waals surface area contributed by atoms with E-state index in [0.717, 1.165) is 4.90 Å². The molecule has 3 aromatic carbocycles. The summed E-state index contributed by atoms with van der Waals surface area (Å²) in [5.41, 5.74) is 0.946. The SMILES string of the molecule is O=C1C2ON(c3ccccc3)C(c3cc([N+](=O)[O-])ccc3Cl)C2C(=O)N1c1ccccc1Cl. The van der Waals surface area contributed by atoms with E-state index in [1.165, 1.54) is 23.3 Å². The first-order chi connectivity index (χ1) is 15.9. The number of imide groups is 1. The summed E-state index contributed by atoms with van der Waals surface area (Å²) in [6.45, 7) is 0. The Balaban J connectivity index is 1.65. The van der Waals surface area contributed by atoms with Gasteiger partial charge in [0.2, 0.25) is 5.91 Å². The van der Waals surface area contributed by atoms with Gasteiger partial charge in [0.25, 0.3) is 11.6 Å². The lowest BCUT2D eigenvalue weighted by Gasteiger charge is -2.29. The fraction of sp³-hybridized carbons (Fsp3) is 0.130. The number of non-ortho nitro benzene ring substituents is 1. The number of hydrogen-bond donors (Lipinski definition) is 0. The number of halogens is 2. The van der Waals surface area contributed by atoms with E-state index >= 15 is 0 Å². The van der Waals surface area contributed by atoms with Gasteiger partial charge in [-0.3, -0.25) is 24.5 Å². The van der Waals surface area contributed by atoms with Crippen LogP contribution in [0.1, 0.15) is 11.6 Å². The zero-order chi connectivity index (χ0) is 23.3. The number of amides is 2. The molecule has 3 unspecified atom stereocenters. The van der Waals surface area contributed by atoms with Crippen molar-refractivity contribution in [2.45, 2.75) is 12.1 Å². The lowest BCUT2D eigenvalue weighted by Crippen LogP contribution is -2.37. The summed E-state index contributed by atoms with van der Waals surface area (Å²) in [6, 6.07) is 18.5. The van der Waals surface area contributed by atoms with Gasteiger partial charge < -0.3 is 0 Å². The fourth-order valence-electron chi connectivity index (χ4n) is 4.27. The minimum absolute atomic E-state index is 0.189. The van der Waals surface area contributed by atoms with Crippen molar-refractivity contribution in [2.75, 3.05) is 9.96 Å². The van der Waals surface area contributed by atoms with E-state index in [-0.39, 0.29) is 21.4 Å². The highest BCUT2D eigenvalue weighted by Crippen LogP contribution is 2.50. The summed E-state index contributed by atoms with van der Waals surface area (Å²) in [7, 11) is 0. The molecular weight excluding hydrogens is 469 g/mol. The molecule has 3 aromatic rings. The molecule has 5 rings (SSSR count). The highest BCUT2D eigenvalue weighted by atomic mass is 35.5. The van der Waals surface area contributed by atoms with E-state index in [1.54, 1.807) is 48.5 Å². The second kappa shape index (κ2) is 8.15. The maximum atomic E-state index is 13.6. The molecule has 0 spiro atoms. The molecule has 2 amide bonds. The summed E-state index contributed by atoms with van der Waals surface area (Å²) < 4.78 is 0. The number of carbonyl (C=O) groups is 2. The number of para-hydroxylation sites is 2. The van der Waals surface area contributed by atoms with Gasteiger partial charge >= 0.3 is 0 Å². The van der Waals surface area contributed by atoms with Crippen LogP contribution in [-0.4, -0.2) is 22.8 Å². The monoisotopic (exact) mass is 483 g/mol. The Morgan fingerprint density at radius 2 is 1.58 bits per heavy atom. The number of hydrogen-bond acceptors (Lipinski definition) is 6. The van der Waals surface area contributed by atoms with Crippen LogP contribution >= 0.6 is 23.2 Å². The average Bonchev–Trinajstić information content (AvgIpc) is 3.31. The summed E-state index contributed by atoms with van der Waals surface area (Å²) in [5, 5.41) is 13.3. The number of fused-ring (bicyclic) bond motifs is 1. The molecular formula is C23H15Cl2N3O5. The van der Waals surface area contributed by atoms with Gasteiger partial charge in [-0.1, -0.05) is 53.5 Å². The highest BCUT2D eigenvalue weighted by Gasteiger charge is 2.61. The van der Waals surface area contributed by atoms with Gasteiger partial charge in [-0.05, 0) is 30.3 Å². The minimum atomic E-state index is -1.14. The molecule has 2 aliphatic rings. The second-order valence-electron chi connectivity index (χ2n) is 7.58. The van der Waals surface area contributed by atoms with E-state index in [9.17, 15) is 19.7 Å². The van der Waals surface area contributed by atoms with Crippen molar-refractivity contribution in [3.05, 3.63) is 98.5 Å². The van der Waals surface area contributed by atoms with Crippen molar-refractivity contribution in [2.24, 2.45) is 5.92 Å². The van der Waals surface area contributed by atoms with Crippen molar-refractivity contribution in [3.8, 4) is 0 Å². The molecule has 2 fully saturated rings. The van der Waals surface area contributed by atoms with Crippen molar-refractivity contribution in [3.63, 3.8) is 0 Å². The molecule has 0 bridgehead atoms. The Morgan fingerprint density at radius 3 is 2.27 bits per heavy atom. The minimum Gasteiger partial charge on any atom is -0.273 e. The quantitative estimate of drug-likeness (QED) is 0.296. The standard InChI is InChI=1S/C23H15Cl2N3O5/c24-16-11-10-14(28(31)32)12-15(16)20-19-21(33-27(20)13-6-2-1-3-7-13)23(30)26(22(19)29)18-9-5-4-8-17(18)25/h1-12,19-21H. The smallest absolute Gasteiger partial charge is 0.269 e. The van der Waals surface area contributed by atoms with Crippen LogP contribution in [0.3, 0.4) is 0 Å².